The fourth-order valence-electron chi connectivity index (χ4n) is 1.70. The van der Waals surface area contributed by atoms with Gasteiger partial charge in [-0.2, -0.15) is 0 Å². The van der Waals surface area contributed by atoms with Gasteiger partial charge < -0.3 is 14.9 Å². The number of ether oxygens (including phenoxy) is 1. The number of carbonyl (C=O) groups is 1. The third kappa shape index (κ3) is 3.04. The summed E-state index contributed by atoms with van der Waals surface area (Å²) in [5.41, 5.74) is 1.07. The maximum atomic E-state index is 11.9. The van der Waals surface area contributed by atoms with Gasteiger partial charge in [0.2, 0.25) is 5.78 Å². The van der Waals surface area contributed by atoms with E-state index in [0.29, 0.717) is 5.75 Å². The van der Waals surface area contributed by atoms with Gasteiger partial charge >= 0.3 is 0 Å². The van der Waals surface area contributed by atoms with Crippen LogP contribution in [-0.2, 0) is 0 Å². The van der Waals surface area contributed by atoms with Gasteiger partial charge in [0, 0.05) is 6.07 Å². The molecule has 0 aliphatic rings. The second-order valence-electron chi connectivity index (χ2n) is 4.18. The third-order valence-electron chi connectivity index (χ3n) is 2.73. The molecule has 98 valence electrons. The van der Waals surface area contributed by atoms with E-state index in [0.717, 1.165) is 11.6 Å². The van der Waals surface area contributed by atoms with Crippen molar-refractivity contribution in [1.82, 2.24) is 0 Å². The van der Waals surface area contributed by atoms with E-state index < -0.39 is 0 Å². The molecule has 0 amide bonds. The van der Waals surface area contributed by atoms with E-state index in [1.54, 1.807) is 6.07 Å². The van der Waals surface area contributed by atoms with Gasteiger partial charge in [-0.3, -0.25) is 4.79 Å². The van der Waals surface area contributed by atoms with Crippen molar-refractivity contribution in [2.45, 2.75) is 6.92 Å². The lowest BCUT2D eigenvalue weighted by Crippen LogP contribution is -2.12. The van der Waals surface area contributed by atoms with Crippen molar-refractivity contribution in [2.24, 2.45) is 0 Å². The minimum absolute atomic E-state index is 0.0890. The molecule has 4 heteroatoms. The van der Waals surface area contributed by atoms with Crippen LogP contribution in [0.25, 0.3) is 0 Å². The molecule has 0 spiro atoms. The van der Waals surface area contributed by atoms with E-state index in [2.05, 4.69) is 0 Å². The average Bonchev–Trinajstić information content (AvgIpc) is 2.37. The number of rotatable bonds is 4. The first-order chi connectivity index (χ1) is 9.08. The highest BCUT2D eigenvalue weighted by Crippen LogP contribution is 2.23. The molecule has 2 aromatic carbocycles. The van der Waals surface area contributed by atoms with Crippen molar-refractivity contribution in [3.05, 3.63) is 53.6 Å². The minimum atomic E-state index is -0.347. The number of para-hydroxylation sites is 1. The number of Topliss-reactive ketones (excluding diaryl/α,β-unsaturated/α-hetero) is 1. The van der Waals surface area contributed by atoms with E-state index in [-0.39, 0.29) is 29.5 Å². The summed E-state index contributed by atoms with van der Waals surface area (Å²) in [6.07, 6.45) is 0. The van der Waals surface area contributed by atoms with Crippen molar-refractivity contribution in [2.75, 3.05) is 6.61 Å². The van der Waals surface area contributed by atoms with Gasteiger partial charge in [0.25, 0.3) is 0 Å². The summed E-state index contributed by atoms with van der Waals surface area (Å²) in [6.45, 7) is 1.72. The lowest BCUT2D eigenvalue weighted by molar-refractivity contribution is 0.0918. The first-order valence-electron chi connectivity index (χ1n) is 5.81. The summed E-state index contributed by atoms with van der Waals surface area (Å²) in [6, 6.07) is 11.2. The molecular weight excluding hydrogens is 244 g/mol. The maximum Gasteiger partial charge on any atom is 0.203 e. The van der Waals surface area contributed by atoms with E-state index in [4.69, 9.17) is 9.84 Å². The molecular formula is C15H14O4. The van der Waals surface area contributed by atoms with Gasteiger partial charge in [0.15, 0.2) is 6.61 Å². The minimum Gasteiger partial charge on any atom is -0.508 e. The highest BCUT2D eigenvalue weighted by molar-refractivity contribution is 5.99. The van der Waals surface area contributed by atoms with Gasteiger partial charge in [-0.15, -0.1) is 0 Å². The molecule has 0 heterocycles. The van der Waals surface area contributed by atoms with Crippen LogP contribution in [0.1, 0.15) is 15.9 Å². The molecule has 0 saturated carbocycles. The number of benzene rings is 2. The number of phenolic OH excluding ortho intramolecular Hbond substituents is 2. The molecule has 0 atom stereocenters. The summed E-state index contributed by atoms with van der Waals surface area (Å²) in [4.78, 5) is 11.9. The smallest absolute Gasteiger partial charge is 0.203 e. The van der Waals surface area contributed by atoms with E-state index in [1.165, 1.54) is 12.1 Å². The highest BCUT2D eigenvalue weighted by Gasteiger charge is 2.12. The lowest BCUT2D eigenvalue weighted by Gasteiger charge is -2.09. The molecule has 0 fully saturated rings. The molecule has 2 N–H and O–H groups in total. The zero-order valence-corrected chi connectivity index (χ0v) is 10.5. The van der Waals surface area contributed by atoms with Crippen molar-refractivity contribution in [3.8, 4) is 17.2 Å². The van der Waals surface area contributed by atoms with Crippen molar-refractivity contribution < 1.29 is 19.7 Å². The third-order valence-corrected chi connectivity index (χ3v) is 2.73. The Balaban J connectivity index is 2.08. The van der Waals surface area contributed by atoms with Crippen LogP contribution in [0.2, 0.25) is 0 Å². The van der Waals surface area contributed by atoms with Gasteiger partial charge in [0.05, 0.1) is 5.56 Å². The van der Waals surface area contributed by atoms with Gasteiger partial charge in [-0.05, 0) is 30.7 Å². The van der Waals surface area contributed by atoms with Crippen molar-refractivity contribution in [1.29, 1.82) is 0 Å². The fourth-order valence-corrected chi connectivity index (χ4v) is 1.70. The molecule has 2 aromatic rings. The van der Waals surface area contributed by atoms with E-state index >= 15 is 0 Å². The predicted octanol–water partition coefficient (Wildman–Crippen LogP) is 2.67. The number of ketones is 1. The Morgan fingerprint density at radius 3 is 2.58 bits per heavy atom. The normalized spacial score (nSPS) is 10.2. The molecule has 0 aliphatic carbocycles. The molecule has 2 rings (SSSR count). The summed E-state index contributed by atoms with van der Waals surface area (Å²) >= 11 is 0. The van der Waals surface area contributed by atoms with Gasteiger partial charge in [0.1, 0.15) is 17.2 Å². The van der Waals surface area contributed by atoms with Gasteiger partial charge in [-0.1, -0.05) is 18.2 Å². The van der Waals surface area contributed by atoms with Crippen LogP contribution in [0.5, 0.6) is 17.2 Å². The van der Waals surface area contributed by atoms with Crippen LogP contribution < -0.4 is 4.74 Å². The van der Waals surface area contributed by atoms with Crippen LogP contribution in [0.3, 0.4) is 0 Å². The van der Waals surface area contributed by atoms with Crippen LogP contribution in [0, 0.1) is 6.92 Å². The molecule has 4 nitrogen and oxygen atoms in total. The zero-order chi connectivity index (χ0) is 13.8. The van der Waals surface area contributed by atoms with Crippen LogP contribution in [0.4, 0.5) is 0 Å². The number of aryl methyl sites for hydroxylation is 1. The number of phenols is 2. The van der Waals surface area contributed by atoms with E-state index in [9.17, 15) is 9.90 Å². The SMILES string of the molecule is Cc1ccccc1OCC(=O)c1ccc(O)cc1O. The molecule has 0 radical (unpaired) electrons. The van der Waals surface area contributed by atoms with Gasteiger partial charge in [-0.25, -0.2) is 0 Å². The molecule has 19 heavy (non-hydrogen) atoms. The van der Waals surface area contributed by atoms with Crippen LogP contribution in [0.15, 0.2) is 42.5 Å². The molecule has 0 aromatic heterocycles. The lowest BCUT2D eigenvalue weighted by atomic mass is 10.1. The second-order valence-corrected chi connectivity index (χ2v) is 4.18. The number of hydrogen-bond acceptors (Lipinski definition) is 4. The largest absolute Gasteiger partial charge is 0.508 e. The first-order valence-corrected chi connectivity index (χ1v) is 5.81. The summed E-state index contributed by atoms with van der Waals surface area (Å²) in [7, 11) is 0. The van der Waals surface area contributed by atoms with Crippen LogP contribution in [-0.4, -0.2) is 22.6 Å². The van der Waals surface area contributed by atoms with E-state index in [1.807, 2.05) is 25.1 Å². The molecule has 0 unspecified atom stereocenters. The fraction of sp³-hybridized carbons (Fsp3) is 0.133. The standard InChI is InChI=1S/C15H14O4/c1-10-4-2-3-5-15(10)19-9-14(18)12-7-6-11(16)8-13(12)17/h2-8,16-17H,9H2,1H3. The van der Waals surface area contributed by atoms with Crippen molar-refractivity contribution >= 4 is 5.78 Å². The highest BCUT2D eigenvalue weighted by atomic mass is 16.5. The Bertz CT molecular complexity index is 605. The Morgan fingerprint density at radius 2 is 1.89 bits per heavy atom. The summed E-state index contributed by atoms with van der Waals surface area (Å²) < 4.78 is 5.42. The Morgan fingerprint density at radius 1 is 1.16 bits per heavy atom. The second kappa shape index (κ2) is 5.44. The average molecular weight is 258 g/mol. The topological polar surface area (TPSA) is 66.8 Å². The Hall–Kier alpha value is -2.49. The number of carbonyl (C=O) groups excluding carboxylic acids is 1. The Kier molecular flexibility index (Phi) is 3.71. The first kappa shape index (κ1) is 13.0. The number of aromatic hydroxyl groups is 2. The predicted molar refractivity (Wildman–Crippen MR) is 70.8 cm³/mol. The summed E-state index contributed by atoms with van der Waals surface area (Å²) in [5.74, 6) is -0.0536. The van der Waals surface area contributed by atoms with Crippen molar-refractivity contribution in [3.63, 3.8) is 0 Å². The quantitative estimate of drug-likeness (QED) is 0.827. The maximum absolute atomic E-state index is 11.9. The summed E-state index contributed by atoms with van der Waals surface area (Å²) in [5, 5.41) is 18.7. The monoisotopic (exact) mass is 258 g/mol. The Labute approximate surface area is 110 Å². The zero-order valence-electron chi connectivity index (χ0n) is 10.5. The number of hydrogen-bond donors (Lipinski definition) is 2. The molecule has 0 bridgehead atoms. The molecule has 0 aliphatic heterocycles. The van der Waals surface area contributed by atoms with Crippen LogP contribution >= 0.6 is 0 Å². The molecule has 0 saturated heterocycles.